The Bertz CT molecular complexity index is 910. The van der Waals surface area contributed by atoms with Gasteiger partial charge in [0.1, 0.15) is 17.3 Å². The number of carbonyl (C=O) groups excluding carboxylic acids is 1. The van der Waals surface area contributed by atoms with Crippen molar-refractivity contribution in [3.63, 3.8) is 0 Å². The van der Waals surface area contributed by atoms with Gasteiger partial charge in [-0.1, -0.05) is 12.1 Å². The van der Waals surface area contributed by atoms with Gasteiger partial charge in [0.2, 0.25) is 11.7 Å². The largest absolute Gasteiger partial charge is 0.503 e. The lowest BCUT2D eigenvalue weighted by atomic mass is 10.1. The highest BCUT2D eigenvalue weighted by Gasteiger charge is 2.23. The number of nitrogens with one attached hydrogen (secondary N) is 1. The van der Waals surface area contributed by atoms with E-state index in [1.54, 1.807) is 12.1 Å². The molecular weight excluding hydrogens is 325 g/mol. The first kappa shape index (κ1) is 16.8. The third-order valence-electron chi connectivity index (χ3n) is 3.94. The predicted molar refractivity (Wildman–Crippen MR) is 89.4 cm³/mol. The molecule has 0 aliphatic carbocycles. The zero-order valence-electron chi connectivity index (χ0n) is 13.8. The fourth-order valence-electron chi connectivity index (χ4n) is 2.57. The van der Waals surface area contributed by atoms with Crippen LogP contribution in [0.2, 0.25) is 0 Å². The summed E-state index contributed by atoms with van der Waals surface area (Å²) in [6.07, 6.45) is 3.21. The normalized spacial score (nSPS) is 11.2. The number of aromatic nitrogens is 3. The van der Waals surface area contributed by atoms with Gasteiger partial charge in [0.05, 0.1) is 11.8 Å². The van der Waals surface area contributed by atoms with Crippen LogP contribution < -0.4 is 0 Å². The minimum atomic E-state index is -0.468. The molecule has 7 heteroatoms. The summed E-state index contributed by atoms with van der Waals surface area (Å²) < 4.78 is 14.4. The average Bonchev–Trinajstić information content (AvgIpc) is 3.15. The number of imidazole rings is 1. The summed E-state index contributed by atoms with van der Waals surface area (Å²) in [6, 6.07) is 5.90. The molecule has 0 unspecified atom stereocenters. The van der Waals surface area contributed by atoms with Gasteiger partial charge in [0.25, 0.3) is 0 Å². The van der Waals surface area contributed by atoms with Gasteiger partial charge >= 0.3 is 0 Å². The summed E-state index contributed by atoms with van der Waals surface area (Å²) in [7, 11) is 0. The molecule has 0 radical (unpaired) electrons. The Hall–Kier alpha value is -3.09. The van der Waals surface area contributed by atoms with Crippen LogP contribution in [0, 0.1) is 5.82 Å². The molecule has 0 atom stereocenters. The van der Waals surface area contributed by atoms with Crippen molar-refractivity contribution in [1.29, 1.82) is 0 Å². The van der Waals surface area contributed by atoms with Gasteiger partial charge in [-0.3, -0.25) is 4.79 Å². The van der Waals surface area contributed by atoms with Crippen molar-refractivity contribution in [2.24, 2.45) is 0 Å². The Morgan fingerprint density at radius 1 is 1.28 bits per heavy atom. The van der Waals surface area contributed by atoms with E-state index in [9.17, 15) is 19.4 Å². The van der Waals surface area contributed by atoms with Crippen LogP contribution in [0.4, 0.5) is 4.39 Å². The van der Waals surface area contributed by atoms with Gasteiger partial charge in [-0.2, -0.15) is 0 Å². The van der Waals surface area contributed by atoms with E-state index in [0.717, 1.165) is 5.56 Å². The predicted octanol–water partition coefficient (Wildman–Crippen LogP) is 3.16. The lowest BCUT2D eigenvalue weighted by molar-refractivity contribution is 0.103. The molecular formula is C18H18FN3O3. The third kappa shape index (κ3) is 3.26. The van der Waals surface area contributed by atoms with E-state index in [2.05, 4.69) is 9.97 Å². The fraction of sp³-hybridized carbons (Fsp3) is 0.222. The maximum absolute atomic E-state index is 12.9. The van der Waals surface area contributed by atoms with Crippen molar-refractivity contribution in [3.05, 3.63) is 65.1 Å². The van der Waals surface area contributed by atoms with Crippen molar-refractivity contribution in [2.45, 2.75) is 26.3 Å². The molecule has 130 valence electrons. The molecule has 0 bridgehead atoms. The average molecular weight is 343 g/mol. The molecule has 3 N–H and O–H groups in total. The zero-order valence-corrected chi connectivity index (χ0v) is 13.8. The van der Waals surface area contributed by atoms with E-state index in [0.29, 0.717) is 12.2 Å². The van der Waals surface area contributed by atoms with Crippen LogP contribution in [0.25, 0.3) is 0 Å². The summed E-state index contributed by atoms with van der Waals surface area (Å²) in [5.41, 5.74) is 1.05. The monoisotopic (exact) mass is 343 g/mol. The molecule has 3 aromatic rings. The second-order valence-corrected chi connectivity index (χ2v) is 6.09. The Morgan fingerprint density at radius 3 is 2.56 bits per heavy atom. The van der Waals surface area contributed by atoms with E-state index >= 15 is 0 Å². The minimum absolute atomic E-state index is 0.00295. The number of halogens is 1. The van der Waals surface area contributed by atoms with Crippen molar-refractivity contribution < 1.29 is 19.4 Å². The number of hydrogen-bond acceptors (Lipinski definition) is 4. The Balaban J connectivity index is 1.83. The summed E-state index contributed by atoms with van der Waals surface area (Å²) in [4.78, 5) is 19.6. The van der Waals surface area contributed by atoms with Crippen molar-refractivity contribution in [3.8, 4) is 11.6 Å². The standard InChI is InChI=1S/C18H18FN3O3/c1-10(2)22-9-13(17(24)18(22)25)16(23)14-8-20-15(21-14)7-11-3-5-12(19)6-4-11/h3-6,8-10,24-25H,7H2,1-2H3,(H,20,21). The molecule has 25 heavy (non-hydrogen) atoms. The second-order valence-electron chi connectivity index (χ2n) is 6.09. The first-order chi connectivity index (χ1) is 11.9. The number of rotatable bonds is 5. The number of ketones is 1. The van der Waals surface area contributed by atoms with Gasteiger partial charge in [-0.25, -0.2) is 9.37 Å². The van der Waals surface area contributed by atoms with Crippen LogP contribution in [-0.2, 0) is 6.42 Å². The van der Waals surface area contributed by atoms with E-state index in [4.69, 9.17) is 0 Å². The quantitative estimate of drug-likeness (QED) is 0.621. The van der Waals surface area contributed by atoms with Gasteiger partial charge in [0.15, 0.2) is 5.75 Å². The minimum Gasteiger partial charge on any atom is -0.503 e. The van der Waals surface area contributed by atoms with Crippen LogP contribution in [0.1, 0.15) is 47.3 Å². The second kappa shape index (κ2) is 6.43. The van der Waals surface area contributed by atoms with Crippen molar-refractivity contribution >= 4 is 5.78 Å². The highest BCUT2D eigenvalue weighted by Crippen LogP contribution is 2.34. The first-order valence-electron chi connectivity index (χ1n) is 7.82. The van der Waals surface area contributed by atoms with E-state index in [1.807, 2.05) is 13.8 Å². The zero-order chi connectivity index (χ0) is 18.1. The van der Waals surface area contributed by atoms with E-state index in [-0.39, 0.29) is 29.0 Å². The summed E-state index contributed by atoms with van der Waals surface area (Å²) in [6.45, 7) is 3.65. The molecule has 1 aromatic carbocycles. The van der Waals surface area contributed by atoms with Crippen molar-refractivity contribution in [1.82, 2.24) is 14.5 Å². The molecule has 2 aromatic heterocycles. The van der Waals surface area contributed by atoms with Crippen molar-refractivity contribution in [2.75, 3.05) is 0 Å². The molecule has 0 aliphatic heterocycles. The molecule has 0 saturated carbocycles. The van der Waals surface area contributed by atoms with Gasteiger partial charge in [-0.15, -0.1) is 0 Å². The van der Waals surface area contributed by atoms with Gasteiger partial charge < -0.3 is 19.8 Å². The topological polar surface area (TPSA) is 91.1 Å². The smallest absolute Gasteiger partial charge is 0.235 e. The number of nitrogens with zero attached hydrogens (tertiary/aromatic N) is 2. The van der Waals surface area contributed by atoms with E-state index < -0.39 is 11.5 Å². The molecule has 2 heterocycles. The Morgan fingerprint density at radius 2 is 1.96 bits per heavy atom. The Labute approximate surface area is 143 Å². The van der Waals surface area contributed by atoms with E-state index in [1.165, 1.54) is 29.1 Å². The van der Waals surface area contributed by atoms with Gasteiger partial charge in [-0.05, 0) is 31.5 Å². The summed E-state index contributed by atoms with van der Waals surface area (Å²) in [5.74, 6) is -1.03. The number of benzene rings is 1. The molecule has 0 spiro atoms. The molecule has 0 fully saturated rings. The molecule has 0 saturated heterocycles. The summed E-state index contributed by atoms with van der Waals surface area (Å²) >= 11 is 0. The highest BCUT2D eigenvalue weighted by molar-refractivity contribution is 6.09. The number of carbonyl (C=O) groups is 1. The van der Waals surface area contributed by atoms with Crippen LogP contribution in [-0.4, -0.2) is 30.5 Å². The molecule has 6 nitrogen and oxygen atoms in total. The van der Waals surface area contributed by atoms with Gasteiger partial charge in [0, 0.05) is 18.7 Å². The highest BCUT2D eigenvalue weighted by atomic mass is 19.1. The SMILES string of the molecule is CC(C)n1cc(C(=O)c2cnc(Cc3ccc(F)cc3)[nH]2)c(O)c1O. The Kier molecular flexibility index (Phi) is 4.31. The first-order valence-corrected chi connectivity index (χ1v) is 7.82. The molecule has 0 amide bonds. The summed E-state index contributed by atoms with van der Waals surface area (Å²) in [5, 5.41) is 19.9. The molecule has 0 aliphatic rings. The third-order valence-corrected chi connectivity index (χ3v) is 3.94. The maximum atomic E-state index is 12.9. The number of hydrogen-bond donors (Lipinski definition) is 3. The van der Waals surface area contributed by atoms with Crippen LogP contribution in [0.15, 0.2) is 36.7 Å². The lowest BCUT2D eigenvalue weighted by Gasteiger charge is -2.07. The van der Waals surface area contributed by atoms with Crippen LogP contribution in [0.5, 0.6) is 11.6 Å². The maximum Gasteiger partial charge on any atom is 0.235 e. The fourth-order valence-corrected chi connectivity index (χ4v) is 2.57. The van der Waals surface area contributed by atoms with Crippen LogP contribution in [0.3, 0.4) is 0 Å². The number of aromatic amines is 1. The van der Waals surface area contributed by atoms with Crippen LogP contribution >= 0.6 is 0 Å². The number of aromatic hydroxyl groups is 2. The molecule has 3 rings (SSSR count). The lowest BCUT2D eigenvalue weighted by Crippen LogP contribution is -2.02. The number of H-pyrrole nitrogens is 1.